The molecule has 0 saturated carbocycles. The minimum atomic E-state index is -3.80. The minimum Gasteiger partial charge on any atom is -0.279 e. The topological polar surface area (TPSA) is 106 Å². The zero-order valence-electron chi connectivity index (χ0n) is 9.78. The molecule has 0 spiro atoms. The summed E-state index contributed by atoms with van der Waals surface area (Å²) in [6, 6.07) is 7.92. The van der Waals surface area contributed by atoms with Gasteiger partial charge in [-0.3, -0.25) is 4.72 Å². The summed E-state index contributed by atoms with van der Waals surface area (Å²) >= 11 is 6.61. The van der Waals surface area contributed by atoms with Gasteiger partial charge in [0, 0.05) is 5.69 Å². The second-order valence-corrected chi connectivity index (χ2v) is 8.92. The Bertz CT molecular complexity index is 826. The van der Waals surface area contributed by atoms with Crippen LogP contribution in [0.1, 0.15) is 0 Å². The third-order valence-electron chi connectivity index (χ3n) is 2.25. The molecular weight excluding hydrogens is 344 g/mol. The molecule has 0 unspecified atom stereocenters. The lowest BCUT2D eigenvalue weighted by Gasteiger charge is -2.06. The maximum Gasteiger partial charge on any atom is 0.271 e. The molecule has 0 aliphatic heterocycles. The van der Waals surface area contributed by atoms with Crippen LogP contribution in [0.25, 0.3) is 0 Å². The van der Waals surface area contributed by atoms with Crippen molar-refractivity contribution in [3.63, 3.8) is 0 Å². The van der Waals surface area contributed by atoms with Crippen LogP contribution in [0.15, 0.2) is 45.5 Å². The zero-order valence-corrected chi connectivity index (χ0v) is 13.0. The number of halogens is 1. The van der Waals surface area contributed by atoms with Gasteiger partial charge in [0.05, 0.1) is 9.23 Å². The van der Waals surface area contributed by atoms with Crippen molar-refractivity contribution in [2.45, 2.75) is 9.10 Å². The van der Waals surface area contributed by atoms with Gasteiger partial charge in [-0.15, -0.1) is 11.3 Å². The van der Waals surface area contributed by atoms with E-state index in [1.807, 2.05) is 0 Å². The van der Waals surface area contributed by atoms with E-state index in [0.717, 1.165) is 11.3 Å². The molecule has 0 atom stereocenters. The second kappa shape index (κ2) is 5.34. The van der Waals surface area contributed by atoms with Crippen LogP contribution in [0, 0.1) is 0 Å². The molecule has 0 fully saturated rings. The van der Waals surface area contributed by atoms with Gasteiger partial charge in [0.25, 0.3) is 10.0 Å². The summed E-state index contributed by atoms with van der Waals surface area (Å²) in [5.74, 6) is 0. The molecule has 3 N–H and O–H groups in total. The molecule has 0 aliphatic carbocycles. The van der Waals surface area contributed by atoms with Crippen molar-refractivity contribution in [3.05, 3.63) is 40.7 Å². The molecule has 1 aromatic carbocycles. The molecule has 2 rings (SSSR count). The van der Waals surface area contributed by atoms with Crippen LogP contribution in [0.3, 0.4) is 0 Å². The average Bonchev–Trinajstić information content (AvgIpc) is 2.76. The third kappa shape index (κ3) is 3.49. The van der Waals surface area contributed by atoms with E-state index in [1.54, 1.807) is 0 Å². The molecule has 2 aromatic rings. The van der Waals surface area contributed by atoms with E-state index in [2.05, 4.69) is 4.72 Å². The van der Waals surface area contributed by atoms with Crippen LogP contribution in [0.5, 0.6) is 0 Å². The van der Waals surface area contributed by atoms with Crippen molar-refractivity contribution in [2.75, 3.05) is 4.72 Å². The van der Waals surface area contributed by atoms with Crippen molar-refractivity contribution in [2.24, 2.45) is 5.14 Å². The fraction of sp³-hybridized carbons (Fsp3) is 0. The second-order valence-electron chi connectivity index (χ2n) is 3.73. The van der Waals surface area contributed by atoms with Gasteiger partial charge in [0.15, 0.2) is 0 Å². The van der Waals surface area contributed by atoms with Crippen LogP contribution >= 0.6 is 22.9 Å². The zero-order chi connectivity index (χ0) is 15.0. The molecule has 6 nitrogen and oxygen atoms in total. The highest BCUT2D eigenvalue weighted by atomic mass is 35.5. The highest BCUT2D eigenvalue weighted by molar-refractivity contribution is 7.94. The lowest BCUT2D eigenvalue weighted by Crippen LogP contribution is -2.13. The Kier molecular flexibility index (Phi) is 4.07. The predicted molar refractivity (Wildman–Crippen MR) is 78.0 cm³/mol. The first-order chi connectivity index (χ1) is 9.18. The van der Waals surface area contributed by atoms with Gasteiger partial charge >= 0.3 is 0 Å². The number of hydrogen-bond donors (Lipinski definition) is 2. The van der Waals surface area contributed by atoms with Gasteiger partial charge in [-0.05, 0) is 36.4 Å². The van der Waals surface area contributed by atoms with Crippen LogP contribution in [0.4, 0.5) is 5.69 Å². The Morgan fingerprint density at radius 2 is 1.60 bits per heavy atom. The molecule has 20 heavy (non-hydrogen) atoms. The van der Waals surface area contributed by atoms with E-state index < -0.39 is 20.0 Å². The van der Waals surface area contributed by atoms with E-state index in [-0.39, 0.29) is 14.8 Å². The summed E-state index contributed by atoms with van der Waals surface area (Å²) in [6.07, 6.45) is 0. The molecule has 0 amide bonds. The summed E-state index contributed by atoms with van der Waals surface area (Å²) in [4.78, 5) is -0.0976. The Labute approximate surface area is 125 Å². The van der Waals surface area contributed by atoms with Gasteiger partial charge in [0.2, 0.25) is 10.0 Å². The van der Waals surface area contributed by atoms with Crippen LogP contribution in [-0.2, 0) is 20.0 Å². The van der Waals surface area contributed by atoms with E-state index in [0.29, 0.717) is 4.34 Å². The lowest BCUT2D eigenvalue weighted by molar-refractivity contribution is 0.597. The number of nitrogens with one attached hydrogen (secondary N) is 1. The molecular formula is C10H9ClN2O4S3. The number of benzene rings is 1. The standard InChI is InChI=1S/C10H9ClN2O4S3/c11-9-5-6-10(18-9)20(16,17)13-7-1-3-8(4-2-7)19(12,14)15/h1-6,13H,(H2,12,14,15). The van der Waals surface area contributed by atoms with Crippen molar-refractivity contribution >= 4 is 48.7 Å². The molecule has 10 heteroatoms. The Morgan fingerprint density at radius 1 is 1.00 bits per heavy atom. The summed E-state index contributed by atoms with van der Waals surface area (Å²) < 4.78 is 48.9. The quantitative estimate of drug-likeness (QED) is 0.875. The molecule has 1 heterocycles. The Balaban J connectivity index is 2.26. The highest BCUT2D eigenvalue weighted by Crippen LogP contribution is 2.27. The number of nitrogens with two attached hydrogens (primary N) is 1. The van der Waals surface area contributed by atoms with Gasteiger partial charge in [-0.2, -0.15) is 0 Å². The number of rotatable bonds is 4. The smallest absolute Gasteiger partial charge is 0.271 e. The number of primary sulfonamides is 1. The van der Waals surface area contributed by atoms with E-state index in [4.69, 9.17) is 16.7 Å². The normalized spacial score (nSPS) is 12.3. The minimum absolute atomic E-state index is 0.0676. The summed E-state index contributed by atoms with van der Waals surface area (Å²) in [6.45, 7) is 0. The monoisotopic (exact) mass is 352 g/mol. The third-order valence-corrected chi connectivity index (χ3v) is 6.28. The lowest BCUT2D eigenvalue weighted by atomic mass is 10.3. The van der Waals surface area contributed by atoms with Crippen LogP contribution in [-0.4, -0.2) is 16.8 Å². The summed E-state index contributed by atoms with van der Waals surface area (Å²) in [5, 5.41) is 4.95. The van der Waals surface area contributed by atoms with Crippen molar-refractivity contribution in [3.8, 4) is 0 Å². The van der Waals surface area contributed by atoms with Crippen LogP contribution < -0.4 is 9.86 Å². The number of sulfonamides is 2. The number of anilines is 1. The first-order valence-corrected chi connectivity index (χ1v) is 9.32. The molecule has 0 saturated heterocycles. The van der Waals surface area contributed by atoms with Crippen molar-refractivity contribution < 1.29 is 16.8 Å². The van der Waals surface area contributed by atoms with Crippen molar-refractivity contribution in [1.29, 1.82) is 0 Å². The maximum atomic E-state index is 12.0. The van der Waals surface area contributed by atoms with Gasteiger partial charge in [-0.1, -0.05) is 11.6 Å². The number of hydrogen-bond acceptors (Lipinski definition) is 5. The fourth-order valence-corrected chi connectivity index (χ4v) is 4.42. The number of thiophene rings is 1. The first kappa shape index (κ1) is 15.3. The maximum absolute atomic E-state index is 12.0. The summed E-state index contributed by atoms with van der Waals surface area (Å²) in [5.41, 5.74) is 0.224. The van der Waals surface area contributed by atoms with Crippen LogP contribution in [0.2, 0.25) is 4.34 Å². The largest absolute Gasteiger partial charge is 0.279 e. The first-order valence-electron chi connectivity index (χ1n) is 5.09. The van der Waals surface area contributed by atoms with E-state index >= 15 is 0 Å². The van der Waals surface area contributed by atoms with E-state index in [9.17, 15) is 16.8 Å². The molecule has 0 aliphatic rings. The SMILES string of the molecule is NS(=O)(=O)c1ccc(NS(=O)(=O)c2ccc(Cl)s2)cc1. The molecule has 0 bridgehead atoms. The van der Waals surface area contributed by atoms with Gasteiger partial charge < -0.3 is 0 Å². The summed E-state index contributed by atoms with van der Waals surface area (Å²) in [7, 11) is -7.54. The van der Waals surface area contributed by atoms with Gasteiger partial charge in [0.1, 0.15) is 4.21 Å². The Hall–Kier alpha value is -1.13. The van der Waals surface area contributed by atoms with Gasteiger partial charge in [-0.25, -0.2) is 22.0 Å². The van der Waals surface area contributed by atoms with Crippen molar-refractivity contribution in [1.82, 2.24) is 0 Å². The Morgan fingerprint density at radius 3 is 2.05 bits per heavy atom. The fourth-order valence-electron chi connectivity index (χ4n) is 1.36. The predicted octanol–water partition coefficient (Wildman–Crippen LogP) is 1.85. The average molecular weight is 353 g/mol. The molecule has 108 valence electrons. The van der Waals surface area contributed by atoms with E-state index in [1.165, 1.54) is 36.4 Å². The molecule has 0 radical (unpaired) electrons. The molecule has 1 aromatic heterocycles. The highest BCUT2D eigenvalue weighted by Gasteiger charge is 2.17.